The van der Waals surface area contributed by atoms with Crippen LogP contribution in [0.15, 0.2) is 54.6 Å². The highest BCUT2D eigenvalue weighted by atomic mass is 19.1. The molecule has 3 rings (SSSR count). The number of hydrogen-bond acceptors (Lipinski definition) is 2. The van der Waals surface area contributed by atoms with Crippen LogP contribution in [0.5, 0.6) is 0 Å². The van der Waals surface area contributed by atoms with Gasteiger partial charge in [-0.05, 0) is 36.2 Å². The average Bonchev–Trinajstić information content (AvgIpc) is 2.50. The lowest BCUT2D eigenvalue weighted by Crippen LogP contribution is -2.57. The number of nitrogens with one attached hydrogen (secondary N) is 1. The van der Waals surface area contributed by atoms with E-state index in [1.807, 2.05) is 30.3 Å². The Bertz CT molecular complexity index is 686. The molecule has 0 aliphatic carbocycles. The number of nitrogens with zero attached hydrogens (tertiary/aromatic N) is 1. The van der Waals surface area contributed by atoms with Gasteiger partial charge < -0.3 is 5.32 Å². The van der Waals surface area contributed by atoms with Crippen LogP contribution in [-0.2, 0) is 11.2 Å². The standard InChI is InChI=1S/C17H15FN2O2/c18-13-6-8-14(9-7-13)19-17(22)20-15(11-16(20)21)10-12-4-2-1-3-5-12/h1-9,15H,10-11H2,(H,19,22)/t15-/m1/s1. The first kappa shape index (κ1) is 14.3. The smallest absolute Gasteiger partial charge is 0.307 e. The fourth-order valence-corrected chi connectivity index (χ4v) is 2.53. The molecule has 1 heterocycles. The first-order chi connectivity index (χ1) is 10.6. The summed E-state index contributed by atoms with van der Waals surface area (Å²) in [5.74, 6) is -0.569. The molecule has 22 heavy (non-hydrogen) atoms. The molecule has 1 aliphatic rings. The molecule has 0 unspecified atom stereocenters. The molecule has 1 N–H and O–H groups in total. The Labute approximate surface area is 127 Å². The molecular weight excluding hydrogens is 283 g/mol. The monoisotopic (exact) mass is 298 g/mol. The molecule has 3 amide bonds. The highest BCUT2D eigenvalue weighted by Crippen LogP contribution is 2.24. The Balaban J connectivity index is 1.65. The van der Waals surface area contributed by atoms with E-state index in [0.717, 1.165) is 5.56 Å². The minimum absolute atomic E-state index is 0.129. The zero-order chi connectivity index (χ0) is 15.5. The molecule has 2 aromatic rings. The number of carbonyl (C=O) groups is 2. The minimum Gasteiger partial charge on any atom is -0.307 e. The van der Waals surface area contributed by atoms with Crippen molar-refractivity contribution in [3.63, 3.8) is 0 Å². The third-order valence-electron chi connectivity index (χ3n) is 3.67. The number of imide groups is 1. The third kappa shape index (κ3) is 2.98. The van der Waals surface area contributed by atoms with Crippen molar-refractivity contribution in [2.45, 2.75) is 18.9 Å². The highest BCUT2D eigenvalue weighted by molar-refractivity contribution is 6.05. The van der Waals surface area contributed by atoms with E-state index in [2.05, 4.69) is 5.32 Å². The maximum absolute atomic E-state index is 12.8. The van der Waals surface area contributed by atoms with Crippen LogP contribution in [0.2, 0.25) is 0 Å². The molecule has 112 valence electrons. The number of hydrogen-bond donors (Lipinski definition) is 1. The lowest BCUT2D eigenvalue weighted by Gasteiger charge is -2.38. The molecule has 2 aromatic carbocycles. The summed E-state index contributed by atoms with van der Waals surface area (Å²) >= 11 is 0. The van der Waals surface area contributed by atoms with Crippen molar-refractivity contribution < 1.29 is 14.0 Å². The van der Waals surface area contributed by atoms with E-state index in [1.165, 1.54) is 29.2 Å². The molecule has 5 heteroatoms. The Morgan fingerprint density at radius 3 is 2.45 bits per heavy atom. The number of carbonyl (C=O) groups excluding carboxylic acids is 2. The number of amides is 3. The molecule has 0 aromatic heterocycles. The summed E-state index contributed by atoms with van der Waals surface area (Å²) in [6.45, 7) is 0. The van der Waals surface area contributed by atoms with Gasteiger partial charge in [-0.3, -0.25) is 9.69 Å². The van der Waals surface area contributed by atoms with Crippen LogP contribution >= 0.6 is 0 Å². The van der Waals surface area contributed by atoms with E-state index in [1.54, 1.807) is 0 Å². The van der Waals surface area contributed by atoms with Gasteiger partial charge >= 0.3 is 6.03 Å². The lowest BCUT2D eigenvalue weighted by molar-refractivity contribution is -0.140. The van der Waals surface area contributed by atoms with E-state index in [-0.39, 0.29) is 17.8 Å². The zero-order valence-electron chi connectivity index (χ0n) is 11.8. The van der Waals surface area contributed by atoms with Gasteiger partial charge in [0.15, 0.2) is 0 Å². The minimum atomic E-state index is -0.469. The number of anilines is 1. The van der Waals surface area contributed by atoms with Crippen molar-refractivity contribution in [3.05, 3.63) is 66.0 Å². The number of β-lactam (4-membered cyclic amide) rings is 1. The topological polar surface area (TPSA) is 49.4 Å². The number of rotatable bonds is 3. The normalized spacial score (nSPS) is 17.0. The number of urea groups is 1. The average molecular weight is 298 g/mol. The van der Waals surface area contributed by atoms with Gasteiger partial charge in [0, 0.05) is 12.1 Å². The molecule has 0 bridgehead atoms. The quantitative estimate of drug-likeness (QED) is 0.885. The van der Waals surface area contributed by atoms with Crippen molar-refractivity contribution in [3.8, 4) is 0 Å². The van der Waals surface area contributed by atoms with Gasteiger partial charge in [0.05, 0.1) is 6.04 Å². The number of likely N-dealkylation sites (tertiary alicyclic amines) is 1. The molecule has 0 radical (unpaired) electrons. The van der Waals surface area contributed by atoms with Gasteiger partial charge in [-0.1, -0.05) is 30.3 Å². The van der Waals surface area contributed by atoms with Crippen molar-refractivity contribution in [1.29, 1.82) is 0 Å². The second kappa shape index (κ2) is 5.97. The SMILES string of the molecule is O=C1C[C@@H](Cc2ccccc2)N1C(=O)Nc1ccc(F)cc1. The molecule has 1 saturated heterocycles. The highest BCUT2D eigenvalue weighted by Gasteiger charge is 2.40. The van der Waals surface area contributed by atoms with E-state index < -0.39 is 6.03 Å². The van der Waals surface area contributed by atoms with Crippen molar-refractivity contribution in [2.75, 3.05) is 5.32 Å². The van der Waals surface area contributed by atoms with Crippen molar-refractivity contribution in [1.82, 2.24) is 4.90 Å². The molecular formula is C17H15FN2O2. The predicted molar refractivity (Wildman–Crippen MR) is 80.8 cm³/mol. The summed E-state index contributed by atoms with van der Waals surface area (Å²) in [5.41, 5.74) is 1.55. The van der Waals surface area contributed by atoms with Gasteiger partial charge in [0.25, 0.3) is 0 Å². The summed E-state index contributed by atoms with van der Waals surface area (Å²) in [6, 6.07) is 14.6. The Morgan fingerprint density at radius 1 is 1.14 bits per heavy atom. The molecule has 4 nitrogen and oxygen atoms in total. The van der Waals surface area contributed by atoms with Crippen molar-refractivity contribution in [2.24, 2.45) is 0 Å². The molecule has 0 saturated carbocycles. The van der Waals surface area contributed by atoms with Crippen LogP contribution in [0.4, 0.5) is 14.9 Å². The Kier molecular flexibility index (Phi) is 3.87. The summed E-state index contributed by atoms with van der Waals surface area (Å²) in [5, 5.41) is 2.62. The first-order valence-corrected chi connectivity index (χ1v) is 7.06. The van der Waals surface area contributed by atoms with Crippen LogP contribution in [0, 0.1) is 5.82 Å². The van der Waals surface area contributed by atoms with E-state index in [4.69, 9.17) is 0 Å². The summed E-state index contributed by atoms with van der Waals surface area (Å²) in [7, 11) is 0. The number of halogens is 1. The lowest BCUT2D eigenvalue weighted by atomic mass is 9.95. The van der Waals surface area contributed by atoms with Gasteiger partial charge in [-0.2, -0.15) is 0 Å². The largest absolute Gasteiger partial charge is 0.328 e. The van der Waals surface area contributed by atoms with E-state index in [0.29, 0.717) is 18.5 Å². The van der Waals surface area contributed by atoms with Gasteiger partial charge in [-0.15, -0.1) is 0 Å². The van der Waals surface area contributed by atoms with Gasteiger partial charge in [-0.25, -0.2) is 9.18 Å². The number of benzene rings is 2. The van der Waals surface area contributed by atoms with Gasteiger partial charge in [0.1, 0.15) is 5.82 Å². The van der Waals surface area contributed by atoms with E-state index >= 15 is 0 Å². The van der Waals surface area contributed by atoms with Crippen molar-refractivity contribution >= 4 is 17.6 Å². The maximum atomic E-state index is 12.8. The molecule has 0 spiro atoms. The molecule has 1 atom stereocenters. The maximum Gasteiger partial charge on any atom is 0.328 e. The van der Waals surface area contributed by atoms with E-state index in [9.17, 15) is 14.0 Å². The van der Waals surface area contributed by atoms with Crippen LogP contribution in [0.25, 0.3) is 0 Å². The summed E-state index contributed by atoms with van der Waals surface area (Å²) in [4.78, 5) is 25.1. The van der Waals surface area contributed by atoms with Crippen LogP contribution in [-0.4, -0.2) is 22.9 Å². The molecule has 1 aliphatic heterocycles. The predicted octanol–water partition coefficient (Wildman–Crippen LogP) is 3.20. The fraction of sp³-hybridized carbons (Fsp3) is 0.176. The Hall–Kier alpha value is -2.69. The first-order valence-electron chi connectivity index (χ1n) is 7.06. The zero-order valence-corrected chi connectivity index (χ0v) is 11.8. The van der Waals surface area contributed by atoms with Gasteiger partial charge in [0.2, 0.25) is 5.91 Å². The second-order valence-corrected chi connectivity index (χ2v) is 5.25. The molecule has 1 fully saturated rings. The van der Waals surface area contributed by atoms with Crippen LogP contribution < -0.4 is 5.32 Å². The third-order valence-corrected chi connectivity index (χ3v) is 3.67. The summed E-state index contributed by atoms with van der Waals surface area (Å²) in [6.07, 6.45) is 1.01. The fourth-order valence-electron chi connectivity index (χ4n) is 2.53. The second-order valence-electron chi connectivity index (χ2n) is 5.25. The van der Waals surface area contributed by atoms with Crippen LogP contribution in [0.1, 0.15) is 12.0 Å². The summed E-state index contributed by atoms with van der Waals surface area (Å²) < 4.78 is 12.8. The Morgan fingerprint density at radius 2 is 1.82 bits per heavy atom. The van der Waals surface area contributed by atoms with Crippen LogP contribution in [0.3, 0.4) is 0 Å².